The summed E-state index contributed by atoms with van der Waals surface area (Å²) in [6.07, 6.45) is 85.4. The summed E-state index contributed by atoms with van der Waals surface area (Å²) in [5.74, 6) is -0.0551. The van der Waals surface area contributed by atoms with Crippen molar-refractivity contribution in [2.24, 2.45) is 0 Å². The summed E-state index contributed by atoms with van der Waals surface area (Å²) in [7, 11) is 0. The number of carbonyl (C=O) groups excluding carboxylic acids is 2. The van der Waals surface area contributed by atoms with Crippen molar-refractivity contribution < 1.29 is 24.5 Å². The summed E-state index contributed by atoms with van der Waals surface area (Å²) in [4.78, 5) is 24.6. The number of aliphatic hydroxyl groups excluding tert-OH is 2. The minimum Gasteiger partial charge on any atom is -0.466 e. The largest absolute Gasteiger partial charge is 0.466 e. The van der Waals surface area contributed by atoms with Gasteiger partial charge in [-0.15, -0.1) is 0 Å². The molecule has 6 nitrogen and oxygen atoms in total. The smallest absolute Gasteiger partial charge is 0.305 e. The van der Waals surface area contributed by atoms with E-state index in [2.05, 4.69) is 31.3 Å². The first-order chi connectivity index (χ1) is 38.5. The van der Waals surface area contributed by atoms with Crippen LogP contribution in [0.15, 0.2) is 24.3 Å². The number of esters is 1. The first kappa shape index (κ1) is 76.3. The lowest BCUT2D eigenvalue weighted by molar-refractivity contribution is -0.143. The molecule has 0 aliphatic carbocycles. The van der Waals surface area contributed by atoms with Crippen LogP contribution in [0.2, 0.25) is 0 Å². The second kappa shape index (κ2) is 67.8. The number of nitrogens with one attached hydrogen (secondary N) is 1. The van der Waals surface area contributed by atoms with E-state index in [-0.39, 0.29) is 18.5 Å². The highest BCUT2D eigenvalue weighted by Gasteiger charge is 2.18. The van der Waals surface area contributed by atoms with Crippen molar-refractivity contribution in [1.29, 1.82) is 0 Å². The highest BCUT2D eigenvalue weighted by atomic mass is 16.5. The zero-order chi connectivity index (χ0) is 56.4. The number of allylic oxidation sites excluding steroid dienone is 3. The molecule has 6 heteroatoms. The quantitative estimate of drug-likeness (QED) is 0.0320. The van der Waals surface area contributed by atoms with Gasteiger partial charge in [-0.1, -0.05) is 353 Å². The van der Waals surface area contributed by atoms with Gasteiger partial charge in [-0.2, -0.15) is 0 Å². The Morgan fingerprint density at radius 3 is 0.936 bits per heavy atom. The Morgan fingerprint density at radius 1 is 0.346 bits per heavy atom. The van der Waals surface area contributed by atoms with Gasteiger partial charge in [0.05, 0.1) is 25.4 Å². The van der Waals surface area contributed by atoms with Crippen LogP contribution in [0.5, 0.6) is 0 Å². The average Bonchev–Trinajstić information content (AvgIpc) is 3.44. The Kier molecular flexibility index (Phi) is 66.4. The Morgan fingerprint density at radius 2 is 0.603 bits per heavy atom. The van der Waals surface area contributed by atoms with Crippen LogP contribution >= 0.6 is 0 Å². The predicted octanol–water partition coefficient (Wildman–Crippen LogP) is 22.9. The minimum absolute atomic E-state index is 0.00658. The number of hydrogen-bond donors (Lipinski definition) is 3. The molecule has 0 aromatic carbocycles. The van der Waals surface area contributed by atoms with Gasteiger partial charge in [-0.05, 0) is 57.8 Å². The summed E-state index contributed by atoms with van der Waals surface area (Å²) in [5.41, 5.74) is 0. The Hall–Kier alpha value is -1.66. The molecule has 0 fully saturated rings. The molecule has 0 aromatic heterocycles. The van der Waals surface area contributed by atoms with Crippen molar-refractivity contribution in [2.45, 2.75) is 411 Å². The first-order valence-corrected chi connectivity index (χ1v) is 35.6. The van der Waals surface area contributed by atoms with E-state index < -0.39 is 12.1 Å². The predicted molar refractivity (Wildman–Crippen MR) is 343 cm³/mol. The van der Waals surface area contributed by atoms with Crippen molar-refractivity contribution in [3.05, 3.63) is 24.3 Å². The average molecular weight is 1100 g/mol. The van der Waals surface area contributed by atoms with Crippen LogP contribution < -0.4 is 5.32 Å². The number of hydrogen-bond acceptors (Lipinski definition) is 5. The lowest BCUT2D eigenvalue weighted by Crippen LogP contribution is -2.45. The molecule has 2 unspecified atom stereocenters. The molecule has 0 heterocycles. The van der Waals surface area contributed by atoms with E-state index in [0.717, 1.165) is 44.9 Å². The number of ether oxygens (including phenoxy) is 1. The Bertz CT molecular complexity index is 1220. The topological polar surface area (TPSA) is 95.9 Å². The molecule has 0 spiro atoms. The number of carbonyl (C=O) groups is 2. The van der Waals surface area contributed by atoms with E-state index in [1.807, 2.05) is 6.08 Å². The second-order valence-corrected chi connectivity index (χ2v) is 24.6. The summed E-state index contributed by atoms with van der Waals surface area (Å²) >= 11 is 0. The van der Waals surface area contributed by atoms with Gasteiger partial charge in [0.2, 0.25) is 5.91 Å². The van der Waals surface area contributed by atoms with Gasteiger partial charge in [0.1, 0.15) is 0 Å². The molecule has 0 saturated carbocycles. The van der Waals surface area contributed by atoms with Crippen molar-refractivity contribution in [3.8, 4) is 0 Å². The fraction of sp³-hybridized carbons (Fsp3) is 0.917. The number of unbranched alkanes of at least 4 members (excludes halogenated alkanes) is 54. The molecule has 78 heavy (non-hydrogen) atoms. The van der Waals surface area contributed by atoms with Gasteiger partial charge in [0, 0.05) is 12.8 Å². The van der Waals surface area contributed by atoms with Gasteiger partial charge in [-0.3, -0.25) is 9.59 Å². The van der Waals surface area contributed by atoms with Crippen molar-refractivity contribution in [2.75, 3.05) is 13.2 Å². The van der Waals surface area contributed by atoms with Crippen LogP contribution in [0.3, 0.4) is 0 Å². The first-order valence-electron chi connectivity index (χ1n) is 35.6. The third-order valence-electron chi connectivity index (χ3n) is 16.7. The highest BCUT2D eigenvalue weighted by Crippen LogP contribution is 2.19. The third kappa shape index (κ3) is 63.5. The molecular formula is C72H139NO5. The van der Waals surface area contributed by atoms with E-state index in [1.54, 1.807) is 6.08 Å². The molecule has 2 atom stereocenters. The zero-order valence-electron chi connectivity index (χ0n) is 52.9. The van der Waals surface area contributed by atoms with Crippen LogP contribution in [0.25, 0.3) is 0 Å². The standard InChI is InChI=1S/C72H139NO5/c1-3-5-7-9-11-13-15-17-18-19-20-21-22-26-29-32-35-38-41-44-48-52-56-60-64-70(75)69(68-74)73-71(76)65-61-57-53-49-45-42-39-36-33-30-27-24-23-25-28-31-34-37-40-43-47-51-55-59-63-67-78-72(77)66-62-58-54-50-46-16-14-12-10-8-6-4-2/h12,14,60,64,69-70,74-75H,3-11,13,15-59,61-63,65-68H2,1-2H3,(H,73,76)/b14-12-,64-60+. The van der Waals surface area contributed by atoms with Gasteiger partial charge >= 0.3 is 5.97 Å². The third-order valence-corrected chi connectivity index (χ3v) is 16.7. The van der Waals surface area contributed by atoms with E-state index in [1.165, 1.54) is 327 Å². The minimum atomic E-state index is -0.845. The number of rotatable bonds is 67. The molecule has 0 saturated heterocycles. The molecule has 0 aliphatic rings. The van der Waals surface area contributed by atoms with Crippen LogP contribution in [0, 0.1) is 0 Å². The van der Waals surface area contributed by atoms with Gasteiger partial charge < -0.3 is 20.3 Å². The molecule has 0 bridgehead atoms. The normalized spacial score (nSPS) is 12.6. The van der Waals surface area contributed by atoms with E-state index in [4.69, 9.17) is 4.74 Å². The molecule has 0 aromatic rings. The molecule has 1 amide bonds. The summed E-state index contributed by atoms with van der Waals surface area (Å²) in [6, 6.07) is -0.628. The van der Waals surface area contributed by atoms with Crippen LogP contribution in [-0.4, -0.2) is 47.4 Å². The van der Waals surface area contributed by atoms with Gasteiger partial charge in [-0.25, -0.2) is 0 Å². The Labute approximate surface area is 488 Å². The fourth-order valence-electron chi connectivity index (χ4n) is 11.3. The van der Waals surface area contributed by atoms with Crippen LogP contribution in [-0.2, 0) is 14.3 Å². The maximum atomic E-state index is 12.5. The van der Waals surface area contributed by atoms with Crippen molar-refractivity contribution in [1.82, 2.24) is 5.32 Å². The Balaban J connectivity index is 3.40. The summed E-state index contributed by atoms with van der Waals surface area (Å²) < 4.78 is 5.47. The van der Waals surface area contributed by atoms with E-state index in [9.17, 15) is 19.8 Å². The molecular weight excluding hydrogens is 959 g/mol. The lowest BCUT2D eigenvalue weighted by Gasteiger charge is -2.20. The molecule has 462 valence electrons. The van der Waals surface area contributed by atoms with Gasteiger partial charge in [0.25, 0.3) is 0 Å². The van der Waals surface area contributed by atoms with Crippen molar-refractivity contribution >= 4 is 11.9 Å². The molecule has 0 aliphatic heterocycles. The van der Waals surface area contributed by atoms with Crippen LogP contribution in [0.4, 0.5) is 0 Å². The zero-order valence-corrected chi connectivity index (χ0v) is 52.9. The fourth-order valence-corrected chi connectivity index (χ4v) is 11.3. The summed E-state index contributed by atoms with van der Waals surface area (Å²) in [5, 5.41) is 23.3. The van der Waals surface area contributed by atoms with Crippen molar-refractivity contribution in [3.63, 3.8) is 0 Å². The van der Waals surface area contributed by atoms with E-state index in [0.29, 0.717) is 19.4 Å². The lowest BCUT2D eigenvalue weighted by atomic mass is 10.0. The highest BCUT2D eigenvalue weighted by molar-refractivity contribution is 5.76. The summed E-state index contributed by atoms with van der Waals surface area (Å²) in [6.45, 7) is 4.92. The molecule has 0 radical (unpaired) electrons. The second-order valence-electron chi connectivity index (χ2n) is 24.6. The van der Waals surface area contributed by atoms with Crippen LogP contribution in [0.1, 0.15) is 399 Å². The number of aliphatic hydroxyl groups is 2. The maximum absolute atomic E-state index is 12.5. The van der Waals surface area contributed by atoms with E-state index >= 15 is 0 Å². The monoisotopic (exact) mass is 1100 g/mol. The SMILES string of the molecule is CCCCC/C=C\CCCCCCCC(=O)OCCCCCCCCCCCCCCCCCCCCCCCCCCCC(=O)NC(CO)C(O)/C=C/CCCCCCCCCCCCCCCCCCCCCCCC. The van der Waals surface area contributed by atoms with Gasteiger partial charge in [0.15, 0.2) is 0 Å². The number of amides is 1. The molecule has 0 rings (SSSR count). The maximum Gasteiger partial charge on any atom is 0.305 e. The molecule has 3 N–H and O–H groups in total.